The number of hydrogen-bond acceptors (Lipinski definition) is 3. The van der Waals surface area contributed by atoms with Crippen molar-refractivity contribution in [3.05, 3.63) is 63.6 Å². The van der Waals surface area contributed by atoms with E-state index in [1.165, 1.54) is 27.7 Å². The van der Waals surface area contributed by atoms with Crippen molar-refractivity contribution in [3.8, 4) is 0 Å². The molecule has 0 unspecified atom stereocenters. The van der Waals surface area contributed by atoms with Gasteiger partial charge in [0.25, 0.3) is 0 Å². The van der Waals surface area contributed by atoms with E-state index in [1.807, 2.05) is 6.07 Å². The summed E-state index contributed by atoms with van der Waals surface area (Å²) in [6.45, 7) is 1.78. The molecule has 1 saturated carbocycles. The van der Waals surface area contributed by atoms with E-state index >= 15 is 0 Å². The van der Waals surface area contributed by atoms with Crippen LogP contribution in [0.4, 0.5) is 0 Å². The minimum atomic E-state index is -0.880. The molecule has 1 aromatic heterocycles. The summed E-state index contributed by atoms with van der Waals surface area (Å²) in [4.78, 5) is 16.3. The molecule has 1 fully saturated rings. The van der Waals surface area contributed by atoms with Gasteiger partial charge in [0.05, 0.1) is 5.69 Å². The van der Waals surface area contributed by atoms with Crippen LogP contribution in [0, 0.1) is 6.92 Å². The number of aryl methyl sites for hydroxylation is 1. The molecule has 2 aromatic carbocycles. The number of thiazole rings is 1. The predicted octanol–water partition coefficient (Wildman–Crippen LogP) is 4.38. The molecule has 0 saturated heterocycles. The first kappa shape index (κ1) is 13.5. The lowest BCUT2D eigenvalue weighted by Crippen LogP contribution is -2.08. The smallest absolute Gasteiger partial charge is 0.347 e. The summed E-state index contributed by atoms with van der Waals surface area (Å²) in [5.74, 6) is -0.880. The van der Waals surface area contributed by atoms with Gasteiger partial charge in [0.15, 0.2) is 0 Å². The lowest BCUT2D eigenvalue weighted by atomic mass is 9.91. The van der Waals surface area contributed by atoms with E-state index in [9.17, 15) is 9.90 Å². The first-order valence-electron chi connectivity index (χ1n) is 7.31. The standard InChI is InChI=1S/C18H15NO2S/c1-11-15(16(20)21)22-17(19-11)18(9-10-18)14-8-4-6-12-5-2-3-7-13(12)14/h2-8H,9-10H2,1H3,(H,20,21). The van der Waals surface area contributed by atoms with Crippen LogP contribution in [0.2, 0.25) is 0 Å². The maximum absolute atomic E-state index is 11.3. The number of benzene rings is 2. The summed E-state index contributed by atoms with van der Waals surface area (Å²) in [6.07, 6.45) is 2.07. The molecule has 0 spiro atoms. The fraction of sp³-hybridized carbons (Fsp3) is 0.222. The van der Waals surface area contributed by atoms with Crippen molar-refractivity contribution in [2.45, 2.75) is 25.2 Å². The predicted molar refractivity (Wildman–Crippen MR) is 87.8 cm³/mol. The lowest BCUT2D eigenvalue weighted by molar-refractivity contribution is 0.0701. The van der Waals surface area contributed by atoms with Crippen molar-refractivity contribution in [1.29, 1.82) is 0 Å². The van der Waals surface area contributed by atoms with Crippen LogP contribution >= 0.6 is 11.3 Å². The minimum absolute atomic E-state index is 0.0933. The van der Waals surface area contributed by atoms with Crippen molar-refractivity contribution in [3.63, 3.8) is 0 Å². The molecule has 0 aliphatic heterocycles. The second-order valence-electron chi connectivity index (χ2n) is 5.85. The summed E-state index contributed by atoms with van der Waals surface area (Å²) < 4.78 is 0. The largest absolute Gasteiger partial charge is 0.477 e. The Hall–Kier alpha value is -2.20. The number of carboxylic acids is 1. The molecule has 110 valence electrons. The van der Waals surface area contributed by atoms with Crippen molar-refractivity contribution in [2.75, 3.05) is 0 Å². The van der Waals surface area contributed by atoms with Gasteiger partial charge in [-0.3, -0.25) is 0 Å². The van der Waals surface area contributed by atoms with E-state index in [4.69, 9.17) is 0 Å². The average molecular weight is 309 g/mol. The molecule has 1 N–H and O–H groups in total. The van der Waals surface area contributed by atoms with E-state index < -0.39 is 5.97 Å². The number of fused-ring (bicyclic) bond motifs is 1. The summed E-state index contributed by atoms with van der Waals surface area (Å²) >= 11 is 1.33. The Morgan fingerprint density at radius 2 is 1.91 bits per heavy atom. The Bertz CT molecular complexity index is 888. The van der Waals surface area contributed by atoms with Crippen molar-refractivity contribution in [1.82, 2.24) is 4.98 Å². The zero-order valence-electron chi connectivity index (χ0n) is 12.2. The highest BCUT2D eigenvalue weighted by Crippen LogP contribution is 2.56. The summed E-state index contributed by atoms with van der Waals surface area (Å²) in [5, 5.41) is 12.7. The molecule has 1 aliphatic rings. The SMILES string of the molecule is Cc1nc(C2(c3cccc4ccccc34)CC2)sc1C(=O)O. The van der Waals surface area contributed by atoms with Crippen LogP contribution in [0.3, 0.4) is 0 Å². The highest BCUT2D eigenvalue weighted by molar-refractivity contribution is 7.14. The molecule has 1 aliphatic carbocycles. The van der Waals surface area contributed by atoms with Crippen molar-refractivity contribution in [2.24, 2.45) is 0 Å². The third-order valence-electron chi connectivity index (χ3n) is 4.46. The highest BCUT2D eigenvalue weighted by Gasteiger charge is 2.49. The topological polar surface area (TPSA) is 50.2 Å². The number of carboxylic acid groups (broad SMARTS) is 1. The molecule has 3 aromatic rings. The van der Waals surface area contributed by atoms with E-state index in [-0.39, 0.29) is 5.41 Å². The van der Waals surface area contributed by atoms with Crippen molar-refractivity contribution < 1.29 is 9.90 Å². The number of aromatic nitrogens is 1. The van der Waals surface area contributed by atoms with Crippen LogP contribution in [-0.4, -0.2) is 16.1 Å². The Morgan fingerprint density at radius 1 is 1.18 bits per heavy atom. The first-order valence-corrected chi connectivity index (χ1v) is 8.13. The fourth-order valence-electron chi connectivity index (χ4n) is 3.17. The Balaban J connectivity index is 1.91. The third kappa shape index (κ3) is 1.87. The van der Waals surface area contributed by atoms with Gasteiger partial charge in [-0.2, -0.15) is 0 Å². The number of rotatable bonds is 3. The molecule has 3 nitrogen and oxygen atoms in total. The van der Waals surface area contributed by atoms with E-state index in [1.54, 1.807) is 6.92 Å². The maximum atomic E-state index is 11.3. The van der Waals surface area contributed by atoms with Gasteiger partial charge < -0.3 is 5.11 Å². The van der Waals surface area contributed by atoms with Gasteiger partial charge in [0.2, 0.25) is 0 Å². The van der Waals surface area contributed by atoms with Gasteiger partial charge in [0, 0.05) is 5.41 Å². The molecule has 0 amide bonds. The highest BCUT2D eigenvalue weighted by atomic mass is 32.1. The van der Waals surface area contributed by atoms with Crippen LogP contribution in [0.25, 0.3) is 10.8 Å². The second kappa shape index (κ2) is 4.65. The van der Waals surface area contributed by atoms with Gasteiger partial charge in [-0.25, -0.2) is 9.78 Å². The summed E-state index contributed by atoms with van der Waals surface area (Å²) in [6, 6.07) is 14.7. The Morgan fingerprint density at radius 3 is 2.59 bits per heavy atom. The zero-order valence-corrected chi connectivity index (χ0v) is 13.0. The number of hydrogen-bond donors (Lipinski definition) is 1. The molecule has 0 radical (unpaired) electrons. The van der Waals surface area contributed by atoms with Crippen LogP contribution in [0.1, 0.15) is 38.8 Å². The monoisotopic (exact) mass is 309 g/mol. The quantitative estimate of drug-likeness (QED) is 0.781. The molecule has 4 rings (SSSR count). The molecule has 0 atom stereocenters. The number of nitrogens with zero attached hydrogens (tertiary/aromatic N) is 1. The normalized spacial score (nSPS) is 15.9. The van der Waals surface area contributed by atoms with Gasteiger partial charge in [-0.05, 0) is 36.1 Å². The minimum Gasteiger partial charge on any atom is -0.477 e. The first-order chi connectivity index (χ1) is 10.6. The Labute approximate surface area is 132 Å². The zero-order chi connectivity index (χ0) is 15.3. The van der Waals surface area contributed by atoms with E-state index in [0.717, 1.165) is 17.8 Å². The summed E-state index contributed by atoms with van der Waals surface area (Å²) in [7, 11) is 0. The second-order valence-corrected chi connectivity index (χ2v) is 6.85. The maximum Gasteiger partial charge on any atom is 0.347 e. The van der Waals surface area contributed by atoms with Gasteiger partial charge in [-0.1, -0.05) is 42.5 Å². The van der Waals surface area contributed by atoms with Gasteiger partial charge in [0.1, 0.15) is 9.88 Å². The summed E-state index contributed by atoms with van der Waals surface area (Å²) in [5.41, 5.74) is 1.81. The van der Waals surface area contributed by atoms with Crippen LogP contribution in [0.5, 0.6) is 0 Å². The molecular weight excluding hydrogens is 294 g/mol. The average Bonchev–Trinajstić information content (AvgIpc) is 3.23. The molecule has 4 heteroatoms. The van der Waals surface area contributed by atoms with Crippen LogP contribution in [-0.2, 0) is 5.41 Å². The lowest BCUT2D eigenvalue weighted by Gasteiger charge is -2.15. The van der Waals surface area contributed by atoms with Crippen molar-refractivity contribution >= 4 is 28.1 Å². The van der Waals surface area contributed by atoms with E-state index in [0.29, 0.717) is 10.6 Å². The number of aromatic carboxylic acids is 1. The number of carbonyl (C=O) groups is 1. The van der Waals surface area contributed by atoms with Gasteiger partial charge in [-0.15, -0.1) is 11.3 Å². The molecule has 22 heavy (non-hydrogen) atoms. The van der Waals surface area contributed by atoms with Gasteiger partial charge >= 0.3 is 5.97 Å². The molecule has 1 heterocycles. The molecule has 0 bridgehead atoms. The third-order valence-corrected chi connectivity index (χ3v) is 5.80. The van der Waals surface area contributed by atoms with Crippen LogP contribution < -0.4 is 0 Å². The fourth-order valence-corrected chi connectivity index (χ4v) is 4.33. The van der Waals surface area contributed by atoms with E-state index in [2.05, 4.69) is 41.4 Å². The molecular formula is C18H15NO2S. The Kier molecular flexibility index (Phi) is 2.84. The van der Waals surface area contributed by atoms with Crippen LogP contribution in [0.15, 0.2) is 42.5 Å².